The highest BCUT2D eigenvalue weighted by Crippen LogP contribution is 2.18. The van der Waals surface area contributed by atoms with Gasteiger partial charge in [0.05, 0.1) is 6.42 Å². The molecule has 1 saturated carbocycles. The summed E-state index contributed by atoms with van der Waals surface area (Å²) in [5.74, 6) is -1.96. The maximum Gasteiger partial charge on any atom is 0.327 e. The maximum atomic E-state index is 11.9. The predicted molar refractivity (Wildman–Crippen MR) is 85.1 cm³/mol. The van der Waals surface area contributed by atoms with Crippen molar-refractivity contribution in [2.75, 3.05) is 0 Å². The number of carbonyl (C=O) groups is 3. The average Bonchev–Trinajstić information content (AvgIpc) is 3.36. The van der Waals surface area contributed by atoms with Crippen LogP contribution in [0.2, 0.25) is 0 Å². The molecule has 1 aliphatic rings. The van der Waals surface area contributed by atoms with E-state index in [9.17, 15) is 14.4 Å². The normalized spacial score (nSPS) is 13.4. The van der Waals surface area contributed by atoms with Gasteiger partial charge in [-0.3, -0.25) is 25.2 Å². The van der Waals surface area contributed by atoms with Gasteiger partial charge in [-0.1, -0.05) is 42.5 Å². The van der Waals surface area contributed by atoms with E-state index < -0.39 is 11.8 Å². The number of carbonyl (C=O) groups excluding carboxylic acids is 3. The molecule has 118 valence electrons. The lowest BCUT2D eigenvalue weighted by molar-refractivity contribution is -0.140. The van der Waals surface area contributed by atoms with Crippen molar-refractivity contribution in [3.8, 4) is 0 Å². The first-order valence-electron chi connectivity index (χ1n) is 7.49. The summed E-state index contributed by atoms with van der Waals surface area (Å²) in [7, 11) is 0. The van der Waals surface area contributed by atoms with Crippen molar-refractivity contribution in [1.29, 1.82) is 0 Å². The Hall–Kier alpha value is -2.89. The molecule has 6 heteroatoms. The van der Waals surface area contributed by atoms with Crippen molar-refractivity contribution in [1.82, 2.24) is 16.2 Å². The zero-order chi connectivity index (χ0) is 16.2. The van der Waals surface area contributed by atoms with Crippen molar-refractivity contribution < 1.29 is 14.4 Å². The van der Waals surface area contributed by atoms with E-state index in [4.69, 9.17) is 0 Å². The molecule has 0 saturated heterocycles. The van der Waals surface area contributed by atoms with Crippen LogP contribution in [0.5, 0.6) is 0 Å². The van der Waals surface area contributed by atoms with Crippen molar-refractivity contribution in [3.05, 3.63) is 48.0 Å². The first-order valence-corrected chi connectivity index (χ1v) is 7.49. The number of nitrogens with one attached hydrogen (secondary N) is 3. The number of benzene rings is 2. The van der Waals surface area contributed by atoms with Crippen LogP contribution in [0.3, 0.4) is 0 Å². The van der Waals surface area contributed by atoms with E-state index in [0.717, 1.165) is 29.2 Å². The van der Waals surface area contributed by atoms with Crippen LogP contribution in [0, 0.1) is 0 Å². The van der Waals surface area contributed by atoms with E-state index in [0.29, 0.717) is 0 Å². The van der Waals surface area contributed by atoms with Crippen LogP contribution in [0.25, 0.3) is 10.8 Å². The fourth-order valence-corrected chi connectivity index (χ4v) is 2.24. The van der Waals surface area contributed by atoms with Gasteiger partial charge in [0.25, 0.3) is 0 Å². The predicted octanol–water partition coefficient (Wildman–Crippen LogP) is 0.808. The summed E-state index contributed by atoms with van der Waals surface area (Å²) in [5.41, 5.74) is 5.21. The summed E-state index contributed by atoms with van der Waals surface area (Å²) in [4.78, 5) is 34.8. The standard InChI is InChI=1S/C17H17N3O3/c21-15(19-20-17(23)16(22)18-14-7-8-14)10-11-5-6-12-3-1-2-4-13(12)9-11/h1-6,9,14H,7-8,10H2,(H,18,22)(H,19,21)(H,20,23). The fraction of sp³-hybridized carbons (Fsp3) is 0.235. The van der Waals surface area contributed by atoms with Gasteiger partial charge in [-0.25, -0.2) is 0 Å². The van der Waals surface area contributed by atoms with E-state index in [1.54, 1.807) is 0 Å². The molecule has 1 fully saturated rings. The third kappa shape index (κ3) is 4.06. The second-order valence-corrected chi connectivity index (χ2v) is 5.61. The quantitative estimate of drug-likeness (QED) is 0.579. The molecule has 3 rings (SSSR count). The highest BCUT2D eigenvalue weighted by molar-refractivity contribution is 6.35. The average molecular weight is 311 g/mol. The largest absolute Gasteiger partial charge is 0.345 e. The first-order chi connectivity index (χ1) is 11.1. The third-order valence-corrected chi connectivity index (χ3v) is 3.61. The van der Waals surface area contributed by atoms with E-state index >= 15 is 0 Å². The number of rotatable bonds is 3. The Balaban J connectivity index is 1.51. The van der Waals surface area contributed by atoms with E-state index in [2.05, 4.69) is 16.2 Å². The number of hydrazine groups is 1. The van der Waals surface area contributed by atoms with Gasteiger partial charge in [0, 0.05) is 6.04 Å². The van der Waals surface area contributed by atoms with Crippen LogP contribution in [0.4, 0.5) is 0 Å². The highest BCUT2D eigenvalue weighted by Gasteiger charge is 2.26. The lowest BCUT2D eigenvalue weighted by Gasteiger charge is -2.08. The monoisotopic (exact) mass is 311 g/mol. The zero-order valence-electron chi connectivity index (χ0n) is 12.5. The molecule has 0 bridgehead atoms. The number of fused-ring (bicyclic) bond motifs is 1. The van der Waals surface area contributed by atoms with Gasteiger partial charge in [0.1, 0.15) is 0 Å². The molecule has 0 heterocycles. The molecule has 0 unspecified atom stereocenters. The maximum absolute atomic E-state index is 11.9. The Bertz CT molecular complexity index is 769. The van der Waals surface area contributed by atoms with Crippen LogP contribution in [0.1, 0.15) is 18.4 Å². The van der Waals surface area contributed by atoms with Crippen LogP contribution >= 0.6 is 0 Å². The summed E-state index contributed by atoms with van der Waals surface area (Å²) in [6.45, 7) is 0. The molecule has 3 amide bonds. The van der Waals surface area contributed by atoms with Gasteiger partial charge in [0.2, 0.25) is 5.91 Å². The molecule has 0 radical (unpaired) electrons. The second kappa shape index (κ2) is 6.48. The molecular formula is C17H17N3O3. The van der Waals surface area contributed by atoms with E-state index in [1.165, 1.54) is 0 Å². The van der Waals surface area contributed by atoms with Gasteiger partial charge in [-0.2, -0.15) is 0 Å². The molecule has 6 nitrogen and oxygen atoms in total. The Morgan fingerprint density at radius 1 is 0.913 bits per heavy atom. The van der Waals surface area contributed by atoms with Crippen LogP contribution in [-0.4, -0.2) is 23.8 Å². The topological polar surface area (TPSA) is 87.3 Å². The van der Waals surface area contributed by atoms with Gasteiger partial charge in [-0.15, -0.1) is 0 Å². The van der Waals surface area contributed by atoms with Gasteiger partial charge >= 0.3 is 11.8 Å². The van der Waals surface area contributed by atoms with Crippen LogP contribution in [-0.2, 0) is 20.8 Å². The number of hydrogen-bond donors (Lipinski definition) is 3. The fourth-order valence-electron chi connectivity index (χ4n) is 2.24. The van der Waals surface area contributed by atoms with Crippen LogP contribution in [0.15, 0.2) is 42.5 Å². The van der Waals surface area contributed by atoms with Gasteiger partial charge in [0.15, 0.2) is 0 Å². The van der Waals surface area contributed by atoms with Crippen molar-refractivity contribution in [3.63, 3.8) is 0 Å². The summed E-state index contributed by atoms with van der Waals surface area (Å²) >= 11 is 0. The molecule has 0 atom stereocenters. The molecular weight excluding hydrogens is 294 g/mol. The summed E-state index contributed by atoms with van der Waals surface area (Å²) in [5, 5.41) is 4.69. The highest BCUT2D eigenvalue weighted by atomic mass is 16.2. The molecule has 0 spiro atoms. The smallest absolute Gasteiger partial charge is 0.327 e. The third-order valence-electron chi connectivity index (χ3n) is 3.61. The number of hydrogen-bond acceptors (Lipinski definition) is 3. The summed E-state index contributed by atoms with van der Waals surface area (Å²) in [6.07, 6.45) is 1.91. The van der Waals surface area contributed by atoms with E-state index in [1.807, 2.05) is 42.5 Å². The molecule has 0 aliphatic heterocycles. The minimum absolute atomic E-state index is 0.0987. The van der Waals surface area contributed by atoms with Crippen molar-refractivity contribution in [2.24, 2.45) is 0 Å². The Morgan fingerprint density at radius 2 is 1.65 bits per heavy atom. The minimum atomic E-state index is -0.858. The van der Waals surface area contributed by atoms with Crippen molar-refractivity contribution >= 4 is 28.5 Å². The van der Waals surface area contributed by atoms with E-state index in [-0.39, 0.29) is 18.4 Å². The Morgan fingerprint density at radius 3 is 2.39 bits per heavy atom. The van der Waals surface area contributed by atoms with Gasteiger partial charge < -0.3 is 5.32 Å². The molecule has 2 aromatic rings. The second-order valence-electron chi connectivity index (χ2n) is 5.61. The van der Waals surface area contributed by atoms with Gasteiger partial charge in [-0.05, 0) is 29.2 Å². The van der Waals surface area contributed by atoms with Crippen LogP contribution < -0.4 is 16.2 Å². The molecule has 3 N–H and O–H groups in total. The molecule has 23 heavy (non-hydrogen) atoms. The first kappa shape index (κ1) is 15.0. The summed E-state index contributed by atoms with van der Waals surface area (Å²) in [6, 6.07) is 13.7. The molecule has 1 aliphatic carbocycles. The van der Waals surface area contributed by atoms with Crippen molar-refractivity contribution in [2.45, 2.75) is 25.3 Å². The molecule has 0 aromatic heterocycles. The lowest BCUT2D eigenvalue weighted by atomic mass is 10.1. The zero-order valence-corrected chi connectivity index (χ0v) is 12.5. The minimum Gasteiger partial charge on any atom is -0.345 e. The lowest BCUT2D eigenvalue weighted by Crippen LogP contribution is -2.49. The Labute approximate surface area is 133 Å². The summed E-state index contributed by atoms with van der Waals surface area (Å²) < 4.78 is 0. The number of amides is 3. The Kier molecular flexibility index (Phi) is 4.23. The SMILES string of the molecule is O=C(Cc1ccc2ccccc2c1)NNC(=O)C(=O)NC1CC1. The molecule has 2 aromatic carbocycles.